The van der Waals surface area contributed by atoms with E-state index < -0.39 is 0 Å². The van der Waals surface area contributed by atoms with Gasteiger partial charge in [-0.1, -0.05) is 0 Å². The van der Waals surface area contributed by atoms with Gasteiger partial charge in [-0.3, -0.25) is 4.79 Å². The van der Waals surface area contributed by atoms with E-state index in [1.165, 1.54) is 0 Å². The molecule has 0 atom stereocenters. The van der Waals surface area contributed by atoms with Crippen LogP contribution >= 0.6 is 0 Å². The second-order valence-electron chi connectivity index (χ2n) is 5.18. The molecule has 0 spiro atoms. The first-order chi connectivity index (χ1) is 11.2. The number of nitrogens with zero attached hydrogens (tertiary/aromatic N) is 1. The molecule has 0 bridgehead atoms. The van der Waals surface area contributed by atoms with Gasteiger partial charge in [0.25, 0.3) is 5.56 Å². The third kappa shape index (κ3) is 3.29. The van der Waals surface area contributed by atoms with Crippen LogP contribution in [0, 0.1) is 0 Å². The van der Waals surface area contributed by atoms with Crippen LogP contribution in [0.4, 0.5) is 5.69 Å². The third-order valence-corrected chi connectivity index (χ3v) is 3.67. The quantitative estimate of drug-likeness (QED) is 0.736. The van der Waals surface area contributed by atoms with E-state index in [0.717, 1.165) is 16.9 Å². The van der Waals surface area contributed by atoms with Gasteiger partial charge in [-0.05, 0) is 53.9 Å². The van der Waals surface area contributed by atoms with E-state index in [1.807, 2.05) is 24.3 Å². The van der Waals surface area contributed by atoms with Crippen molar-refractivity contribution < 1.29 is 9.47 Å². The molecule has 2 N–H and O–H groups in total. The van der Waals surface area contributed by atoms with Crippen molar-refractivity contribution in [2.75, 3.05) is 19.5 Å². The van der Waals surface area contributed by atoms with Crippen molar-refractivity contribution in [3.8, 4) is 11.5 Å². The minimum Gasteiger partial charge on any atom is -0.497 e. The van der Waals surface area contributed by atoms with Crippen LogP contribution in [0.25, 0.3) is 10.8 Å². The van der Waals surface area contributed by atoms with Gasteiger partial charge in [0.1, 0.15) is 18.1 Å². The highest BCUT2D eigenvalue weighted by Gasteiger charge is 2.04. The predicted octanol–water partition coefficient (Wildman–Crippen LogP) is 2.67. The van der Waals surface area contributed by atoms with Crippen LogP contribution < -0.4 is 20.8 Å². The normalized spacial score (nSPS) is 10.7. The number of hydrogen-bond donors (Lipinski definition) is 1. The summed E-state index contributed by atoms with van der Waals surface area (Å²) in [7, 11) is 1.61. The molecule has 0 aliphatic heterocycles. The molecule has 0 amide bonds. The molecule has 5 heteroatoms. The van der Waals surface area contributed by atoms with Crippen molar-refractivity contribution in [3.63, 3.8) is 0 Å². The number of pyridine rings is 1. The number of nitrogen functional groups attached to an aromatic ring is 1. The summed E-state index contributed by atoms with van der Waals surface area (Å²) >= 11 is 0. The van der Waals surface area contributed by atoms with Gasteiger partial charge >= 0.3 is 0 Å². The Kier molecular flexibility index (Phi) is 4.19. The van der Waals surface area contributed by atoms with E-state index in [0.29, 0.717) is 24.2 Å². The van der Waals surface area contributed by atoms with E-state index in [9.17, 15) is 4.79 Å². The number of methoxy groups -OCH3 is 1. The molecule has 23 heavy (non-hydrogen) atoms. The van der Waals surface area contributed by atoms with Crippen molar-refractivity contribution in [3.05, 3.63) is 65.1 Å². The Hall–Kier alpha value is -2.95. The Balaban J connectivity index is 1.74. The molecule has 0 fully saturated rings. The maximum absolute atomic E-state index is 12.5. The standard InChI is InChI=1S/C18H18N2O3/c1-22-16-6-7-17-13(12-16)8-9-20(18(17)21)10-11-23-15-4-2-14(19)3-5-15/h2-9,12H,10-11,19H2,1H3. The number of hydrogen-bond acceptors (Lipinski definition) is 4. The van der Waals surface area contributed by atoms with Gasteiger partial charge in [0.15, 0.2) is 0 Å². The van der Waals surface area contributed by atoms with Gasteiger partial charge in [0.05, 0.1) is 13.7 Å². The molecule has 2 aromatic carbocycles. The average Bonchev–Trinajstić information content (AvgIpc) is 2.58. The fraction of sp³-hybridized carbons (Fsp3) is 0.167. The van der Waals surface area contributed by atoms with Gasteiger partial charge in [-0.25, -0.2) is 0 Å². The average molecular weight is 310 g/mol. The number of aromatic nitrogens is 1. The molecule has 3 aromatic rings. The number of nitrogens with two attached hydrogens (primary N) is 1. The fourth-order valence-corrected chi connectivity index (χ4v) is 2.40. The van der Waals surface area contributed by atoms with Crippen molar-refractivity contribution in [1.82, 2.24) is 4.57 Å². The highest BCUT2D eigenvalue weighted by Crippen LogP contribution is 2.18. The van der Waals surface area contributed by atoms with Crippen LogP contribution in [-0.2, 0) is 6.54 Å². The summed E-state index contributed by atoms with van der Waals surface area (Å²) in [5, 5.41) is 1.53. The van der Waals surface area contributed by atoms with E-state index in [-0.39, 0.29) is 5.56 Å². The largest absolute Gasteiger partial charge is 0.497 e. The molecule has 3 rings (SSSR count). The molecule has 0 unspecified atom stereocenters. The number of anilines is 1. The first-order valence-corrected chi connectivity index (χ1v) is 7.33. The second-order valence-corrected chi connectivity index (χ2v) is 5.18. The molecule has 1 heterocycles. The minimum atomic E-state index is -0.0361. The topological polar surface area (TPSA) is 66.5 Å². The lowest BCUT2D eigenvalue weighted by Gasteiger charge is -2.10. The lowest BCUT2D eigenvalue weighted by atomic mass is 10.1. The molecule has 1 aromatic heterocycles. The molecule has 0 aliphatic rings. The summed E-state index contributed by atoms with van der Waals surface area (Å²) in [4.78, 5) is 12.5. The molecule has 0 aliphatic carbocycles. The van der Waals surface area contributed by atoms with E-state index in [4.69, 9.17) is 15.2 Å². The SMILES string of the molecule is COc1ccc2c(=O)n(CCOc3ccc(N)cc3)ccc2c1. The van der Waals surface area contributed by atoms with E-state index in [1.54, 1.807) is 42.1 Å². The van der Waals surface area contributed by atoms with Crippen LogP contribution in [0.3, 0.4) is 0 Å². The summed E-state index contributed by atoms with van der Waals surface area (Å²) < 4.78 is 12.5. The van der Waals surface area contributed by atoms with Gasteiger partial charge in [-0.15, -0.1) is 0 Å². The molecular formula is C18H18N2O3. The summed E-state index contributed by atoms with van der Waals surface area (Å²) in [5.41, 5.74) is 6.29. The van der Waals surface area contributed by atoms with E-state index >= 15 is 0 Å². The van der Waals surface area contributed by atoms with Crippen molar-refractivity contribution in [2.24, 2.45) is 0 Å². The van der Waals surface area contributed by atoms with Crippen LogP contribution in [0.2, 0.25) is 0 Å². The van der Waals surface area contributed by atoms with Crippen molar-refractivity contribution >= 4 is 16.5 Å². The van der Waals surface area contributed by atoms with Gasteiger partial charge < -0.3 is 19.8 Å². The molecule has 0 radical (unpaired) electrons. The second kappa shape index (κ2) is 6.44. The zero-order valence-electron chi connectivity index (χ0n) is 12.9. The van der Waals surface area contributed by atoms with Gasteiger partial charge in [-0.2, -0.15) is 0 Å². The number of fused-ring (bicyclic) bond motifs is 1. The zero-order valence-corrected chi connectivity index (χ0v) is 12.9. The van der Waals surface area contributed by atoms with Gasteiger partial charge in [0.2, 0.25) is 0 Å². The van der Waals surface area contributed by atoms with Crippen molar-refractivity contribution in [2.45, 2.75) is 6.54 Å². The first-order valence-electron chi connectivity index (χ1n) is 7.33. The lowest BCUT2D eigenvalue weighted by Crippen LogP contribution is -2.22. The number of ether oxygens (including phenoxy) is 2. The molecular weight excluding hydrogens is 292 g/mol. The first kappa shape index (κ1) is 15.0. The van der Waals surface area contributed by atoms with Crippen LogP contribution in [-0.4, -0.2) is 18.3 Å². The molecule has 118 valence electrons. The molecule has 0 saturated carbocycles. The lowest BCUT2D eigenvalue weighted by molar-refractivity contribution is 0.297. The van der Waals surface area contributed by atoms with Crippen LogP contribution in [0.1, 0.15) is 0 Å². The number of benzene rings is 2. The summed E-state index contributed by atoms with van der Waals surface area (Å²) in [6, 6.07) is 14.5. The summed E-state index contributed by atoms with van der Waals surface area (Å²) in [5.74, 6) is 1.47. The maximum Gasteiger partial charge on any atom is 0.258 e. The fourth-order valence-electron chi connectivity index (χ4n) is 2.40. The maximum atomic E-state index is 12.5. The Morgan fingerprint density at radius 3 is 2.52 bits per heavy atom. The Morgan fingerprint density at radius 2 is 1.78 bits per heavy atom. The third-order valence-electron chi connectivity index (χ3n) is 3.67. The van der Waals surface area contributed by atoms with Gasteiger partial charge in [0, 0.05) is 17.3 Å². The summed E-state index contributed by atoms with van der Waals surface area (Å²) in [6.45, 7) is 0.886. The number of rotatable bonds is 5. The summed E-state index contributed by atoms with van der Waals surface area (Å²) in [6.07, 6.45) is 1.77. The predicted molar refractivity (Wildman–Crippen MR) is 91.1 cm³/mol. The highest BCUT2D eigenvalue weighted by atomic mass is 16.5. The molecule has 0 saturated heterocycles. The zero-order chi connectivity index (χ0) is 16.2. The Bertz CT molecular complexity index is 870. The monoisotopic (exact) mass is 310 g/mol. The van der Waals surface area contributed by atoms with Crippen LogP contribution in [0.15, 0.2) is 59.5 Å². The van der Waals surface area contributed by atoms with Crippen LogP contribution in [0.5, 0.6) is 11.5 Å². The highest BCUT2D eigenvalue weighted by molar-refractivity contribution is 5.82. The minimum absolute atomic E-state index is 0.0361. The Morgan fingerprint density at radius 1 is 1.04 bits per heavy atom. The van der Waals surface area contributed by atoms with E-state index in [2.05, 4.69) is 0 Å². The molecule has 5 nitrogen and oxygen atoms in total. The smallest absolute Gasteiger partial charge is 0.258 e. The Labute approximate surface area is 133 Å². The van der Waals surface area contributed by atoms with Crippen molar-refractivity contribution in [1.29, 1.82) is 0 Å².